The maximum Gasteiger partial charge on any atom is 0.407 e. The van der Waals surface area contributed by atoms with E-state index in [0.29, 0.717) is 4.90 Å². The second kappa shape index (κ2) is 8.69. The van der Waals surface area contributed by atoms with Crippen LogP contribution in [0.1, 0.15) is 0 Å². The van der Waals surface area contributed by atoms with E-state index in [2.05, 4.69) is 5.32 Å². The zero-order chi connectivity index (χ0) is 15.7. The predicted octanol–water partition coefficient (Wildman–Crippen LogP) is -1.82. The number of nitrogens with one attached hydrogen (secondary N) is 1. The van der Waals surface area contributed by atoms with Gasteiger partial charge in [0.1, 0.15) is 6.54 Å². The molecular formula is C10H17N3O7. The Hall–Kier alpha value is -2.36. The van der Waals surface area contributed by atoms with Crippen LogP contribution in [0.15, 0.2) is 0 Å². The van der Waals surface area contributed by atoms with Crippen molar-refractivity contribution in [2.75, 3.05) is 39.8 Å². The minimum Gasteiger partial charge on any atom is -0.480 e. The van der Waals surface area contributed by atoms with Gasteiger partial charge < -0.3 is 20.6 Å². The smallest absolute Gasteiger partial charge is 0.407 e. The van der Waals surface area contributed by atoms with Gasteiger partial charge in [0.05, 0.1) is 13.1 Å². The van der Waals surface area contributed by atoms with Crippen molar-refractivity contribution in [3.05, 3.63) is 0 Å². The number of hydrogen-bond donors (Lipinski definition) is 4. The van der Waals surface area contributed by atoms with Crippen LogP contribution in [0.25, 0.3) is 0 Å². The highest BCUT2D eigenvalue weighted by Gasteiger charge is 2.19. The van der Waals surface area contributed by atoms with Crippen LogP contribution in [-0.4, -0.2) is 88.8 Å². The lowest BCUT2D eigenvalue weighted by molar-refractivity contribution is -0.140. The predicted molar refractivity (Wildman–Crippen MR) is 65.4 cm³/mol. The van der Waals surface area contributed by atoms with Crippen LogP contribution in [0.2, 0.25) is 0 Å². The molecule has 10 heteroatoms. The van der Waals surface area contributed by atoms with Crippen molar-refractivity contribution < 1.29 is 34.5 Å². The van der Waals surface area contributed by atoms with E-state index in [1.54, 1.807) is 0 Å². The summed E-state index contributed by atoms with van der Waals surface area (Å²) in [5.74, 6) is -2.91. The van der Waals surface area contributed by atoms with Crippen molar-refractivity contribution in [3.63, 3.8) is 0 Å². The van der Waals surface area contributed by atoms with Gasteiger partial charge in [0.25, 0.3) is 0 Å². The van der Waals surface area contributed by atoms with Crippen molar-refractivity contribution in [1.82, 2.24) is 15.1 Å². The second-order valence-corrected chi connectivity index (χ2v) is 3.88. The van der Waals surface area contributed by atoms with Gasteiger partial charge >= 0.3 is 18.0 Å². The largest absolute Gasteiger partial charge is 0.480 e. The molecule has 0 spiro atoms. The average molecular weight is 291 g/mol. The first-order valence-corrected chi connectivity index (χ1v) is 5.60. The van der Waals surface area contributed by atoms with E-state index in [1.807, 2.05) is 0 Å². The Labute approximate surface area is 114 Å². The zero-order valence-corrected chi connectivity index (χ0v) is 10.9. The van der Waals surface area contributed by atoms with Gasteiger partial charge in [-0.15, -0.1) is 0 Å². The highest BCUT2D eigenvalue weighted by molar-refractivity contribution is 5.78. The number of amides is 2. The fourth-order valence-corrected chi connectivity index (χ4v) is 1.36. The second-order valence-electron chi connectivity index (χ2n) is 3.88. The van der Waals surface area contributed by atoms with Gasteiger partial charge in [-0.05, 0) is 0 Å². The number of carboxylic acids is 2. The molecule has 0 radical (unpaired) electrons. The molecule has 0 aliphatic carbocycles. The molecule has 0 heterocycles. The average Bonchev–Trinajstić information content (AvgIpc) is 2.32. The summed E-state index contributed by atoms with van der Waals surface area (Å²) in [7, 11) is 1.38. The van der Waals surface area contributed by atoms with Crippen LogP contribution in [0.4, 0.5) is 4.79 Å². The van der Waals surface area contributed by atoms with Crippen molar-refractivity contribution in [3.8, 4) is 0 Å². The van der Waals surface area contributed by atoms with Gasteiger partial charge in [0.15, 0.2) is 0 Å². The first-order valence-electron chi connectivity index (χ1n) is 5.60. The van der Waals surface area contributed by atoms with Crippen LogP contribution in [0, 0.1) is 0 Å². The lowest BCUT2D eigenvalue weighted by Gasteiger charge is -2.23. The van der Waals surface area contributed by atoms with E-state index in [-0.39, 0.29) is 19.6 Å². The number of carboxylic acid groups (broad SMARTS) is 3. The Morgan fingerprint density at radius 2 is 1.45 bits per heavy atom. The van der Waals surface area contributed by atoms with E-state index in [1.165, 1.54) is 11.9 Å². The quantitative estimate of drug-likeness (QED) is 0.388. The molecular weight excluding hydrogens is 274 g/mol. The molecule has 0 saturated carbocycles. The van der Waals surface area contributed by atoms with E-state index in [4.69, 9.17) is 15.3 Å². The Morgan fingerprint density at radius 3 is 1.85 bits per heavy atom. The molecule has 0 aromatic carbocycles. The number of likely N-dealkylation sites (N-methyl/N-ethyl adjacent to an activating group) is 1. The van der Waals surface area contributed by atoms with Gasteiger partial charge in [-0.3, -0.25) is 24.2 Å². The SMILES string of the molecule is CNC(=O)CN(CCN(CC(=O)O)C(=O)O)CC(=O)O. The topological polar surface area (TPSA) is 147 Å². The summed E-state index contributed by atoms with van der Waals surface area (Å²) in [5.41, 5.74) is 0. The molecule has 4 N–H and O–H groups in total. The summed E-state index contributed by atoms with van der Waals surface area (Å²) in [4.78, 5) is 44.9. The van der Waals surface area contributed by atoms with E-state index < -0.39 is 37.0 Å². The molecule has 0 aromatic rings. The van der Waals surface area contributed by atoms with Gasteiger partial charge in [0, 0.05) is 20.1 Å². The third-order valence-corrected chi connectivity index (χ3v) is 2.29. The summed E-state index contributed by atoms with van der Waals surface area (Å²) < 4.78 is 0. The Balaban J connectivity index is 4.54. The van der Waals surface area contributed by atoms with Gasteiger partial charge in [-0.25, -0.2) is 4.79 Å². The van der Waals surface area contributed by atoms with Crippen molar-refractivity contribution in [1.29, 1.82) is 0 Å². The van der Waals surface area contributed by atoms with Crippen LogP contribution in [0.5, 0.6) is 0 Å². The van der Waals surface area contributed by atoms with Crippen molar-refractivity contribution >= 4 is 23.9 Å². The van der Waals surface area contributed by atoms with E-state index >= 15 is 0 Å². The zero-order valence-electron chi connectivity index (χ0n) is 10.9. The summed E-state index contributed by atoms with van der Waals surface area (Å²) in [6.45, 7) is -1.67. The molecule has 0 aromatic heterocycles. The third-order valence-electron chi connectivity index (χ3n) is 2.29. The Morgan fingerprint density at radius 1 is 0.900 bits per heavy atom. The van der Waals surface area contributed by atoms with Gasteiger partial charge in [-0.1, -0.05) is 0 Å². The van der Waals surface area contributed by atoms with Crippen molar-refractivity contribution in [2.24, 2.45) is 0 Å². The number of carbonyl (C=O) groups excluding carboxylic acids is 1. The lowest BCUT2D eigenvalue weighted by atomic mass is 10.4. The molecule has 0 fully saturated rings. The highest BCUT2D eigenvalue weighted by atomic mass is 16.4. The fourth-order valence-electron chi connectivity index (χ4n) is 1.36. The molecule has 0 atom stereocenters. The fraction of sp³-hybridized carbons (Fsp3) is 0.600. The monoisotopic (exact) mass is 291 g/mol. The molecule has 20 heavy (non-hydrogen) atoms. The summed E-state index contributed by atoms with van der Waals surface area (Å²) in [6, 6.07) is 0. The molecule has 2 amide bonds. The molecule has 0 unspecified atom stereocenters. The standard InChI is InChI=1S/C10H17N3O7/c1-11-7(14)4-12(5-8(15)16)2-3-13(10(19)20)6-9(17)18/h2-6H2,1H3,(H,11,14)(H,15,16)(H,17,18)(H,19,20). The van der Waals surface area contributed by atoms with Crippen LogP contribution in [-0.2, 0) is 14.4 Å². The first kappa shape index (κ1) is 17.6. The van der Waals surface area contributed by atoms with Crippen LogP contribution in [0.3, 0.4) is 0 Å². The number of rotatable bonds is 9. The Kier molecular flexibility index (Phi) is 7.67. The normalized spacial score (nSPS) is 10.1. The maximum atomic E-state index is 11.2. The summed E-state index contributed by atoms with van der Waals surface area (Å²) >= 11 is 0. The molecule has 0 rings (SSSR count). The van der Waals surface area contributed by atoms with Crippen molar-refractivity contribution in [2.45, 2.75) is 0 Å². The number of hydrogen-bond acceptors (Lipinski definition) is 5. The maximum absolute atomic E-state index is 11.2. The van der Waals surface area contributed by atoms with Gasteiger partial charge in [0.2, 0.25) is 5.91 Å². The number of nitrogens with zero attached hydrogens (tertiary/aromatic N) is 2. The molecule has 114 valence electrons. The number of carbonyl (C=O) groups is 4. The first-order chi connectivity index (χ1) is 9.26. The molecule has 0 saturated heterocycles. The van der Waals surface area contributed by atoms with Gasteiger partial charge in [-0.2, -0.15) is 0 Å². The highest BCUT2D eigenvalue weighted by Crippen LogP contribution is 1.94. The molecule has 0 aliphatic heterocycles. The summed E-state index contributed by atoms with van der Waals surface area (Å²) in [6.07, 6.45) is -1.43. The van der Waals surface area contributed by atoms with E-state index in [0.717, 1.165) is 0 Å². The summed E-state index contributed by atoms with van der Waals surface area (Å²) in [5, 5.41) is 28.3. The minimum atomic E-state index is -1.43. The Bertz CT molecular complexity index is 385. The van der Waals surface area contributed by atoms with E-state index in [9.17, 15) is 19.2 Å². The van der Waals surface area contributed by atoms with Crippen LogP contribution < -0.4 is 5.32 Å². The minimum absolute atomic E-state index is 0.0701. The number of aliphatic carboxylic acids is 2. The molecule has 0 bridgehead atoms. The lowest BCUT2D eigenvalue weighted by Crippen LogP contribution is -2.45. The third kappa shape index (κ3) is 7.87. The molecule has 0 aliphatic rings. The molecule has 10 nitrogen and oxygen atoms in total. The van der Waals surface area contributed by atoms with Crippen LogP contribution >= 0.6 is 0 Å².